The van der Waals surface area contributed by atoms with Gasteiger partial charge in [-0.15, -0.1) is 0 Å². The largest absolute Gasteiger partial charge is 0.356 e. The number of rotatable bonds is 5. The Morgan fingerprint density at radius 1 is 1.19 bits per heavy atom. The quantitative estimate of drug-likeness (QED) is 0.910. The van der Waals surface area contributed by atoms with Crippen molar-refractivity contribution in [2.75, 3.05) is 11.9 Å². The molecular weight excluding hydrogens is 262 g/mol. The summed E-state index contributed by atoms with van der Waals surface area (Å²) in [7, 11) is 2.04. The van der Waals surface area contributed by atoms with E-state index in [1.807, 2.05) is 32.3 Å². The van der Waals surface area contributed by atoms with Crippen LogP contribution in [0.15, 0.2) is 24.4 Å². The molecule has 0 aliphatic rings. The van der Waals surface area contributed by atoms with Crippen LogP contribution >= 0.6 is 0 Å². The Labute approximate surface area is 126 Å². The number of pyridine rings is 1. The van der Waals surface area contributed by atoms with Gasteiger partial charge in [-0.2, -0.15) is 0 Å². The molecule has 0 spiro atoms. The maximum Gasteiger partial charge on any atom is 0.132 e. The molecule has 0 saturated carbocycles. The maximum absolute atomic E-state index is 5.69. The number of anilines is 1. The van der Waals surface area contributed by atoms with Crippen molar-refractivity contribution in [3.05, 3.63) is 47.2 Å². The second-order valence-corrected chi connectivity index (χ2v) is 5.46. The van der Waals surface area contributed by atoms with E-state index >= 15 is 0 Å². The summed E-state index contributed by atoms with van der Waals surface area (Å²) in [5.74, 6) is 1.66. The van der Waals surface area contributed by atoms with Crippen LogP contribution in [0.3, 0.4) is 0 Å². The number of likely N-dealkylation sites (N-methyl/N-ethyl adjacent to an activating group) is 1. The summed E-state index contributed by atoms with van der Waals surface area (Å²) in [6.07, 6.45) is 2.73. The standard InChI is InChI=1S/C16H23N5/c1-11-5-6-18-14(7-11)8-12(2)21(4)16-9-15(10-17)19-13(3)20-16/h5-7,9,12H,8,10,17H2,1-4H3. The van der Waals surface area contributed by atoms with Crippen molar-refractivity contribution in [1.82, 2.24) is 15.0 Å². The first kappa shape index (κ1) is 15.4. The van der Waals surface area contributed by atoms with Crippen molar-refractivity contribution in [3.63, 3.8) is 0 Å². The van der Waals surface area contributed by atoms with Gasteiger partial charge >= 0.3 is 0 Å². The Hall–Kier alpha value is -2.01. The van der Waals surface area contributed by atoms with E-state index in [9.17, 15) is 0 Å². The molecule has 5 nitrogen and oxygen atoms in total. The Kier molecular flexibility index (Phi) is 4.85. The number of nitrogens with zero attached hydrogens (tertiary/aromatic N) is 4. The first-order valence-electron chi connectivity index (χ1n) is 7.18. The lowest BCUT2D eigenvalue weighted by molar-refractivity contribution is 0.660. The van der Waals surface area contributed by atoms with Crippen molar-refractivity contribution in [3.8, 4) is 0 Å². The summed E-state index contributed by atoms with van der Waals surface area (Å²) in [5.41, 5.74) is 8.88. The zero-order valence-electron chi connectivity index (χ0n) is 13.2. The van der Waals surface area contributed by atoms with Crippen LogP contribution < -0.4 is 10.6 Å². The van der Waals surface area contributed by atoms with E-state index in [1.54, 1.807) is 0 Å². The van der Waals surface area contributed by atoms with Gasteiger partial charge in [0.1, 0.15) is 11.6 Å². The second-order valence-electron chi connectivity index (χ2n) is 5.46. The molecule has 0 aliphatic heterocycles. The zero-order chi connectivity index (χ0) is 15.4. The lowest BCUT2D eigenvalue weighted by Crippen LogP contribution is -2.32. The summed E-state index contributed by atoms with van der Waals surface area (Å²) < 4.78 is 0. The average Bonchev–Trinajstić information content (AvgIpc) is 2.45. The van der Waals surface area contributed by atoms with Gasteiger partial charge in [0.05, 0.1) is 5.69 Å². The number of aromatic nitrogens is 3. The number of hydrogen-bond acceptors (Lipinski definition) is 5. The monoisotopic (exact) mass is 285 g/mol. The highest BCUT2D eigenvalue weighted by Gasteiger charge is 2.14. The number of aryl methyl sites for hydroxylation is 2. The van der Waals surface area contributed by atoms with E-state index in [0.717, 1.165) is 29.5 Å². The van der Waals surface area contributed by atoms with Crippen LogP contribution in [0.5, 0.6) is 0 Å². The third-order valence-electron chi connectivity index (χ3n) is 3.59. The molecule has 0 aromatic carbocycles. The highest BCUT2D eigenvalue weighted by Crippen LogP contribution is 2.16. The van der Waals surface area contributed by atoms with Crippen LogP contribution in [0, 0.1) is 13.8 Å². The van der Waals surface area contributed by atoms with Gasteiger partial charge in [-0.25, -0.2) is 9.97 Å². The fourth-order valence-electron chi connectivity index (χ4n) is 2.27. The lowest BCUT2D eigenvalue weighted by atomic mass is 10.1. The van der Waals surface area contributed by atoms with E-state index in [-0.39, 0.29) is 0 Å². The fraction of sp³-hybridized carbons (Fsp3) is 0.438. The molecule has 0 fully saturated rings. The Balaban J connectivity index is 2.15. The topological polar surface area (TPSA) is 67.9 Å². The molecule has 21 heavy (non-hydrogen) atoms. The van der Waals surface area contributed by atoms with Gasteiger partial charge in [0.15, 0.2) is 0 Å². The van der Waals surface area contributed by atoms with E-state index in [0.29, 0.717) is 12.6 Å². The minimum atomic E-state index is 0.291. The van der Waals surface area contributed by atoms with Crippen LogP contribution in [-0.2, 0) is 13.0 Å². The molecule has 2 heterocycles. The van der Waals surface area contributed by atoms with Gasteiger partial charge in [-0.05, 0) is 38.5 Å². The van der Waals surface area contributed by atoms with Crippen molar-refractivity contribution < 1.29 is 0 Å². The van der Waals surface area contributed by atoms with Crippen molar-refractivity contribution in [2.24, 2.45) is 5.73 Å². The van der Waals surface area contributed by atoms with Gasteiger partial charge in [-0.1, -0.05) is 0 Å². The molecule has 0 aliphatic carbocycles. The van der Waals surface area contributed by atoms with Gasteiger partial charge < -0.3 is 10.6 Å². The first-order chi connectivity index (χ1) is 9.99. The summed E-state index contributed by atoms with van der Waals surface area (Å²) in [6.45, 7) is 6.58. The van der Waals surface area contributed by atoms with Gasteiger partial charge in [0, 0.05) is 44.0 Å². The predicted octanol–water partition coefficient (Wildman–Crippen LogP) is 2.01. The molecule has 0 radical (unpaired) electrons. The second kappa shape index (κ2) is 6.63. The van der Waals surface area contributed by atoms with Crippen LogP contribution in [0.1, 0.15) is 29.7 Å². The Bertz CT molecular complexity index is 611. The summed E-state index contributed by atoms with van der Waals surface area (Å²) >= 11 is 0. The maximum atomic E-state index is 5.69. The molecule has 5 heteroatoms. The lowest BCUT2D eigenvalue weighted by Gasteiger charge is -2.26. The molecule has 0 saturated heterocycles. The number of hydrogen-bond donors (Lipinski definition) is 1. The molecule has 0 bridgehead atoms. The predicted molar refractivity (Wildman–Crippen MR) is 85.2 cm³/mol. The Morgan fingerprint density at radius 2 is 1.95 bits per heavy atom. The molecule has 2 aromatic rings. The molecule has 1 atom stereocenters. The minimum Gasteiger partial charge on any atom is -0.356 e. The van der Waals surface area contributed by atoms with Crippen molar-refractivity contribution >= 4 is 5.82 Å². The van der Waals surface area contributed by atoms with Crippen LogP contribution in [-0.4, -0.2) is 28.0 Å². The SMILES string of the molecule is Cc1ccnc(CC(C)N(C)c2cc(CN)nc(C)n2)c1. The van der Waals surface area contributed by atoms with Gasteiger partial charge in [0.25, 0.3) is 0 Å². The van der Waals surface area contributed by atoms with E-state index in [2.05, 4.69) is 39.8 Å². The summed E-state index contributed by atoms with van der Waals surface area (Å²) in [5, 5.41) is 0. The third kappa shape index (κ3) is 3.98. The molecule has 112 valence electrons. The molecule has 2 rings (SSSR count). The molecule has 2 N–H and O–H groups in total. The van der Waals surface area contributed by atoms with Crippen molar-refractivity contribution in [1.29, 1.82) is 0 Å². The van der Waals surface area contributed by atoms with Crippen LogP contribution in [0.2, 0.25) is 0 Å². The zero-order valence-corrected chi connectivity index (χ0v) is 13.2. The van der Waals surface area contributed by atoms with Gasteiger partial charge in [0.2, 0.25) is 0 Å². The highest BCUT2D eigenvalue weighted by molar-refractivity contribution is 5.40. The third-order valence-corrected chi connectivity index (χ3v) is 3.59. The average molecular weight is 285 g/mol. The first-order valence-corrected chi connectivity index (χ1v) is 7.18. The summed E-state index contributed by atoms with van der Waals surface area (Å²) in [6, 6.07) is 6.38. The van der Waals surface area contributed by atoms with Crippen LogP contribution in [0.25, 0.3) is 0 Å². The van der Waals surface area contributed by atoms with Crippen LogP contribution in [0.4, 0.5) is 5.82 Å². The molecular formula is C16H23N5. The van der Waals surface area contributed by atoms with Crippen molar-refractivity contribution in [2.45, 2.75) is 39.8 Å². The molecule has 1 unspecified atom stereocenters. The van der Waals surface area contributed by atoms with E-state index in [1.165, 1.54) is 5.56 Å². The highest BCUT2D eigenvalue weighted by atomic mass is 15.2. The smallest absolute Gasteiger partial charge is 0.132 e. The Morgan fingerprint density at radius 3 is 2.62 bits per heavy atom. The van der Waals surface area contributed by atoms with Gasteiger partial charge in [-0.3, -0.25) is 4.98 Å². The molecule has 0 amide bonds. The number of nitrogens with two attached hydrogens (primary N) is 1. The molecule has 2 aromatic heterocycles. The summed E-state index contributed by atoms with van der Waals surface area (Å²) in [4.78, 5) is 15.4. The van der Waals surface area contributed by atoms with E-state index in [4.69, 9.17) is 5.73 Å². The normalized spacial score (nSPS) is 12.2. The van der Waals surface area contributed by atoms with E-state index < -0.39 is 0 Å². The minimum absolute atomic E-state index is 0.291. The fourth-order valence-corrected chi connectivity index (χ4v) is 2.27.